The van der Waals surface area contributed by atoms with E-state index in [0.29, 0.717) is 45.7 Å². The number of aliphatic hydroxyl groups is 1. The lowest BCUT2D eigenvalue weighted by Crippen LogP contribution is -2.42. The van der Waals surface area contributed by atoms with Crippen LogP contribution in [-0.2, 0) is 23.2 Å². The number of rotatable bonds is 4. The molecule has 1 atom stereocenters. The molecule has 0 saturated heterocycles. The van der Waals surface area contributed by atoms with Crippen LogP contribution in [0, 0.1) is 0 Å². The van der Waals surface area contributed by atoms with E-state index in [0.717, 1.165) is 18.4 Å². The van der Waals surface area contributed by atoms with E-state index in [2.05, 4.69) is 4.98 Å². The lowest BCUT2D eigenvalue weighted by atomic mass is 9.94. The predicted molar refractivity (Wildman–Crippen MR) is 122 cm³/mol. The lowest BCUT2D eigenvalue weighted by molar-refractivity contribution is -0.141. The van der Waals surface area contributed by atoms with Crippen LogP contribution < -0.4 is 5.56 Å². The van der Waals surface area contributed by atoms with Gasteiger partial charge in [0.15, 0.2) is 6.10 Å². The van der Waals surface area contributed by atoms with Crippen LogP contribution in [0.1, 0.15) is 47.2 Å². The number of fused-ring (bicyclic) bond motifs is 1. The normalized spacial score (nSPS) is 17.5. The van der Waals surface area contributed by atoms with Gasteiger partial charge in [-0.25, -0.2) is 4.98 Å². The number of aromatic amines is 1. The van der Waals surface area contributed by atoms with Crippen molar-refractivity contribution in [3.05, 3.63) is 97.1 Å². The minimum Gasteiger partial charge on any atom is -0.378 e. The number of aliphatic hydroxyl groups excluding tert-OH is 1. The summed E-state index contributed by atoms with van der Waals surface area (Å²) in [4.78, 5) is 35.1. The summed E-state index contributed by atoms with van der Waals surface area (Å²) in [5.74, 6) is 0.212. The molecule has 164 valence electrons. The zero-order chi connectivity index (χ0) is 22.5. The monoisotopic (exact) mass is 469 g/mol. The molecule has 1 aliphatic carbocycles. The molecule has 0 radical (unpaired) electrons. The zero-order valence-electron chi connectivity index (χ0n) is 17.1. The minimum atomic E-state index is -1.33. The van der Waals surface area contributed by atoms with E-state index in [1.165, 1.54) is 4.90 Å². The molecule has 0 spiro atoms. The molecule has 0 bridgehead atoms. The van der Waals surface area contributed by atoms with Crippen molar-refractivity contribution in [3.63, 3.8) is 0 Å². The van der Waals surface area contributed by atoms with Gasteiger partial charge in [0.2, 0.25) is 0 Å². The maximum Gasteiger partial charge on any atom is 0.256 e. The van der Waals surface area contributed by atoms with Gasteiger partial charge in [-0.1, -0.05) is 47.5 Å². The van der Waals surface area contributed by atoms with Crippen molar-refractivity contribution in [2.75, 3.05) is 6.54 Å². The number of amides is 1. The first-order chi connectivity index (χ1) is 15.4. The molecule has 5 rings (SSSR count). The van der Waals surface area contributed by atoms with Crippen molar-refractivity contribution in [3.8, 4) is 0 Å². The molecule has 1 aromatic heterocycles. The predicted octanol–water partition coefficient (Wildman–Crippen LogP) is 3.77. The number of aromatic nitrogens is 2. The van der Waals surface area contributed by atoms with Crippen molar-refractivity contribution >= 4 is 29.1 Å². The SMILES string of the molecule is O=C(C(O)c1cccc(Cl)c1)N1CCc2nc(C3(c4ccc(Cl)cc4)CC3)[nH]c(=O)c2C1. The highest BCUT2D eigenvalue weighted by Crippen LogP contribution is 2.52. The van der Waals surface area contributed by atoms with Crippen molar-refractivity contribution in [1.29, 1.82) is 0 Å². The quantitative estimate of drug-likeness (QED) is 0.608. The van der Waals surface area contributed by atoms with Gasteiger partial charge in [-0.05, 0) is 48.2 Å². The molecule has 8 heteroatoms. The molecule has 2 N–H and O–H groups in total. The number of hydrogen-bond acceptors (Lipinski definition) is 4. The maximum absolute atomic E-state index is 13.0. The van der Waals surface area contributed by atoms with E-state index in [1.54, 1.807) is 24.3 Å². The molecule has 6 nitrogen and oxygen atoms in total. The Morgan fingerprint density at radius 2 is 1.88 bits per heavy atom. The maximum atomic E-state index is 13.0. The summed E-state index contributed by atoms with van der Waals surface area (Å²) < 4.78 is 0. The van der Waals surface area contributed by atoms with Gasteiger partial charge < -0.3 is 15.0 Å². The van der Waals surface area contributed by atoms with E-state index in [4.69, 9.17) is 28.2 Å². The van der Waals surface area contributed by atoms with Gasteiger partial charge in [0, 0.05) is 23.0 Å². The third-order valence-electron chi connectivity index (χ3n) is 6.38. The second kappa shape index (κ2) is 8.03. The van der Waals surface area contributed by atoms with Gasteiger partial charge in [-0.2, -0.15) is 0 Å². The molecule has 1 fully saturated rings. The molecule has 1 aliphatic heterocycles. The number of hydrogen-bond donors (Lipinski definition) is 2. The smallest absolute Gasteiger partial charge is 0.256 e. The van der Waals surface area contributed by atoms with Crippen molar-refractivity contribution < 1.29 is 9.90 Å². The zero-order valence-corrected chi connectivity index (χ0v) is 18.7. The van der Waals surface area contributed by atoms with E-state index in [-0.39, 0.29) is 17.5 Å². The van der Waals surface area contributed by atoms with Gasteiger partial charge in [-0.15, -0.1) is 0 Å². The standard InChI is InChI=1S/C24H21Cl2N3O3/c25-16-6-4-15(5-7-16)24(9-10-24)23-27-19-8-11-29(13-18(19)21(31)28-23)22(32)20(30)14-2-1-3-17(26)12-14/h1-7,12,20,30H,8-11,13H2,(H,27,28,31). The number of carbonyl (C=O) groups is 1. The largest absolute Gasteiger partial charge is 0.378 e. The van der Waals surface area contributed by atoms with Crippen LogP contribution in [0.4, 0.5) is 0 Å². The summed E-state index contributed by atoms with van der Waals surface area (Å²) in [6.07, 6.45) is 0.942. The Labute approximate surface area is 194 Å². The summed E-state index contributed by atoms with van der Waals surface area (Å²) in [6, 6.07) is 14.2. The van der Waals surface area contributed by atoms with E-state index < -0.39 is 12.0 Å². The second-order valence-electron chi connectivity index (χ2n) is 8.40. The number of benzene rings is 2. The fourth-order valence-electron chi connectivity index (χ4n) is 4.39. The van der Waals surface area contributed by atoms with Gasteiger partial charge in [0.05, 0.1) is 23.2 Å². The fraction of sp³-hybridized carbons (Fsp3) is 0.292. The number of nitrogens with zero attached hydrogens (tertiary/aromatic N) is 2. The molecule has 32 heavy (non-hydrogen) atoms. The first-order valence-electron chi connectivity index (χ1n) is 10.5. The van der Waals surface area contributed by atoms with Crippen LogP contribution in [0.15, 0.2) is 53.3 Å². The van der Waals surface area contributed by atoms with Gasteiger partial charge in [-0.3, -0.25) is 9.59 Å². The summed E-state index contributed by atoms with van der Waals surface area (Å²) >= 11 is 12.0. The van der Waals surface area contributed by atoms with Crippen LogP contribution in [-0.4, -0.2) is 32.4 Å². The molecule has 2 heterocycles. The Morgan fingerprint density at radius 1 is 1.12 bits per heavy atom. The number of carbonyl (C=O) groups excluding carboxylic acids is 1. The second-order valence-corrected chi connectivity index (χ2v) is 9.27. The number of halogens is 2. The Hall–Kier alpha value is -2.67. The summed E-state index contributed by atoms with van der Waals surface area (Å²) in [6.45, 7) is 0.496. The first kappa shape index (κ1) is 21.2. The van der Waals surface area contributed by atoms with Crippen molar-refractivity contribution in [2.45, 2.75) is 37.3 Å². The molecule has 2 aliphatic rings. The van der Waals surface area contributed by atoms with Crippen molar-refractivity contribution in [2.24, 2.45) is 0 Å². The molecular formula is C24H21Cl2N3O3. The lowest BCUT2D eigenvalue weighted by Gasteiger charge is -2.30. The van der Waals surface area contributed by atoms with Crippen LogP contribution in [0.25, 0.3) is 0 Å². The topological polar surface area (TPSA) is 86.3 Å². The molecule has 1 saturated carbocycles. The minimum absolute atomic E-state index is 0.113. The summed E-state index contributed by atoms with van der Waals surface area (Å²) in [7, 11) is 0. The van der Waals surface area contributed by atoms with Crippen LogP contribution in [0.3, 0.4) is 0 Å². The molecule has 1 amide bonds. The highest BCUT2D eigenvalue weighted by atomic mass is 35.5. The molecular weight excluding hydrogens is 449 g/mol. The fourth-order valence-corrected chi connectivity index (χ4v) is 4.71. The molecule has 3 aromatic rings. The van der Waals surface area contributed by atoms with Gasteiger partial charge in [0.25, 0.3) is 11.5 Å². The van der Waals surface area contributed by atoms with E-state index in [1.807, 2.05) is 24.3 Å². The number of H-pyrrole nitrogens is 1. The van der Waals surface area contributed by atoms with Crippen LogP contribution in [0.2, 0.25) is 10.0 Å². The summed E-state index contributed by atoms with van der Waals surface area (Å²) in [5.41, 5.74) is 2.18. The van der Waals surface area contributed by atoms with Gasteiger partial charge in [0.1, 0.15) is 5.82 Å². The Balaban J connectivity index is 1.40. The Bertz CT molecular complexity index is 1250. The molecule has 2 aromatic carbocycles. The van der Waals surface area contributed by atoms with Crippen LogP contribution >= 0.6 is 23.2 Å². The van der Waals surface area contributed by atoms with Crippen molar-refractivity contribution in [1.82, 2.24) is 14.9 Å². The highest BCUT2D eigenvalue weighted by molar-refractivity contribution is 6.30. The molecule has 1 unspecified atom stereocenters. The number of nitrogens with one attached hydrogen (secondary N) is 1. The van der Waals surface area contributed by atoms with E-state index in [9.17, 15) is 14.7 Å². The third-order valence-corrected chi connectivity index (χ3v) is 6.87. The Kier molecular flexibility index (Phi) is 5.32. The third kappa shape index (κ3) is 3.72. The van der Waals surface area contributed by atoms with Crippen LogP contribution in [0.5, 0.6) is 0 Å². The average Bonchev–Trinajstić information content (AvgIpc) is 3.60. The summed E-state index contributed by atoms with van der Waals surface area (Å²) in [5, 5.41) is 11.6. The average molecular weight is 470 g/mol. The first-order valence-corrected chi connectivity index (χ1v) is 11.2. The Morgan fingerprint density at radius 3 is 2.56 bits per heavy atom. The highest BCUT2D eigenvalue weighted by Gasteiger charge is 2.48. The van der Waals surface area contributed by atoms with Gasteiger partial charge >= 0.3 is 0 Å². The van der Waals surface area contributed by atoms with E-state index >= 15 is 0 Å².